The molecule has 1 aromatic heterocycles. The van der Waals surface area contributed by atoms with Crippen molar-refractivity contribution in [3.05, 3.63) is 103 Å². The molecule has 0 aliphatic rings. The number of benzene rings is 3. The van der Waals surface area contributed by atoms with Crippen LogP contribution in [0.1, 0.15) is 50.2 Å². The molecule has 4 aromatic rings. The lowest BCUT2D eigenvalue weighted by Crippen LogP contribution is -2.09. The number of aromatic nitrogens is 1. The second kappa shape index (κ2) is 13.0. The molecule has 0 saturated heterocycles. The smallest absolute Gasteiger partial charge is 0.352 e. The van der Waals surface area contributed by atoms with Gasteiger partial charge in [0.1, 0.15) is 23.0 Å². The van der Waals surface area contributed by atoms with Crippen LogP contribution in [0.15, 0.2) is 85.4 Å². The summed E-state index contributed by atoms with van der Waals surface area (Å²) in [7, 11) is 0. The summed E-state index contributed by atoms with van der Waals surface area (Å²) in [5.74, 6) is -0.0960. The standard InChI is InChI=1S/C24H18FNO3.C3H8.C2H6/c1-16(17-6-5-9-21(13-17)29-20-7-3-2-4-8-20)15-26-22-11-10-19(25)12-18(22)14-23(26)24(27)28;1-3-2;1-2/h2-14H,1,15H2,(H,27,28);3H2,1-2H3;1-2H3. The molecule has 4 rings (SSSR count). The first-order valence-electron chi connectivity index (χ1n) is 11.5. The first-order valence-corrected chi connectivity index (χ1v) is 11.5. The Labute approximate surface area is 200 Å². The maximum Gasteiger partial charge on any atom is 0.352 e. The van der Waals surface area contributed by atoms with Crippen LogP contribution in [0, 0.1) is 5.82 Å². The molecule has 0 aliphatic carbocycles. The van der Waals surface area contributed by atoms with Gasteiger partial charge in [0.25, 0.3) is 0 Å². The second-order valence-electron chi connectivity index (χ2n) is 7.38. The van der Waals surface area contributed by atoms with Gasteiger partial charge in [0.05, 0.1) is 0 Å². The number of aromatic carboxylic acids is 1. The van der Waals surface area contributed by atoms with E-state index in [1.165, 1.54) is 24.6 Å². The quantitative estimate of drug-likeness (QED) is 0.313. The molecule has 0 amide bonds. The average molecular weight is 462 g/mol. The minimum absolute atomic E-state index is 0.0865. The van der Waals surface area contributed by atoms with Gasteiger partial charge in [-0.3, -0.25) is 0 Å². The van der Waals surface area contributed by atoms with Gasteiger partial charge in [-0.25, -0.2) is 9.18 Å². The van der Waals surface area contributed by atoms with Gasteiger partial charge >= 0.3 is 5.97 Å². The van der Waals surface area contributed by atoms with E-state index in [2.05, 4.69) is 20.4 Å². The van der Waals surface area contributed by atoms with Gasteiger partial charge in [0.15, 0.2) is 0 Å². The van der Waals surface area contributed by atoms with Crippen molar-refractivity contribution in [2.45, 2.75) is 40.7 Å². The number of rotatable bonds is 6. The molecule has 0 spiro atoms. The summed E-state index contributed by atoms with van der Waals surface area (Å²) < 4.78 is 21.0. The van der Waals surface area contributed by atoms with Crippen molar-refractivity contribution in [2.75, 3.05) is 0 Å². The molecule has 0 atom stereocenters. The minimum Gasteiger partial charge on any atom is -0.477 e. The molecule has 0 saturated carbocycles. The molecule has 0 aliphatic heterocycles. The third kappa shape index (κ3) is 6.82. The Kier molecular flexibility index (Phi) is 10.1. The van der Waals surface area contributed by atoms with Crippen molar-refractivity contribution < 1.29 is 19.0 Å². The van der Waals surface area contributed by atoms with Gasteiger partial charge in [-0.15, -0.1) is 0 Å². The highest BCUT2D eigenvalue weighted by Crippen LogP contribution is 2.28. The molecule has 0 bridgehead atoms. The summed E-state index contributed by atoms with van der Waals surface area (Å²) in [6.45, 7) is 12.6. The maximum absolute atomic E-state index is 13.5. The van der Waals surface area contributed by atoms with Crippen molar-refractivity contribution >= 4 is 22.4 Å². The fraction of sp³-hybridized carbons (Fsp3) is 0.207. The highest BCUT2D eigenvalue weighted by molar-refractivity contribution is 5.95. The van der Waals surface area contributed by atoms with Crippen LogP contribution < -0.4 is 4.74 Å². The van der Waals surface area contributed by atoms with Crippen LogP contribution in [-0.2, 0) is 6.54 Å². The van der Waals surface area contributed by atoms with Crippen molar-refractivity contribution in [2.24, 2.45) is 0 Å². The Balaban J connectivity index is 0.000000758. The Morgan fingerprint density at radius 1 is 0.941 bits per heavy atom. The molecule has 5 heteroatoms. The van der Waals surface area contributed by atoms with Crippen LogP contribution in [0.4, 0.5) is 4.39 Å². The van der Waals surface area contributed by atoms with E-state index in [1.807, 2.05) is 68.4 Å². The molecule has 34 heavy (non-hydrogen) atoms. The van der Waals surface area contributed by atoms with Gasteiger partial charge in [0, 0.05) is 17.4 Å². The number of hydrogen-bond donors (Lipinski definition) is 1. The number of fused-ring (bicyclic) bond motifs is 1. The Morgan fingerprint density at radius 2 is 1.59 bits per heavy atom. The average Bonchev–Trinajstić information content (AvgIpc) is 3.19. The first-order chi connectivity index (χ1) is 16.4. The van der Waals surface area contributed by atoms with Gasteiger partial charge in [-0.1, -0.05) is 71.0 Å². The largest absolute Gasteiger partial charge is 0.477 e. The van der Waals surface area contributed by atoms with Crippen LogP contribution >= 0.6 is 0 Å². The van der Waals surface area contributed by atoms with Crippen LogP contribution in [0.2, 0.25) is 0 Å². The molecule has 4 nitrogen and oxygen atoms in total. The summed E-state index contributed by atoms with van der Waals surface area (Å²) in [6, 6.07) is 22.6. The highest BCUT2D eigenvalue weighted by atomic mass is 19.1. The normalized spacial score (nSPS) is 9.91. The predicted molar refractivity (Wildman–Crippen MR) is 138 cm³/mol. The monoisotopic (exact) mass is 461 g/mol. The van der Waals surface area contributed by atoms with Crippen LogP contribution in [0.25, 0.3) is 16.5 Å². The fourth-order valence-electron chi connectivity index (χ4n) is 3.28. The van der Waals surface area contributed by atoms with Gasteiger partial charge in [-0.2, -0.15) is 0 Å². The molecular formula is C29H32FNO3. The van der Waals surface area contributed by atoms with E-state index in [1.54, 1.807) is 10.6 Å². The Hall–Kier alpha value is -3.86. The number of hydrogen-bond acceptors (Lipinski definition) is 2. The van der Waals surface area contributed by atoms with Crippen molar-refractivity contribution in [1.82, 2.24) is 4.57 Å². The Morgan fingerprint density at radius 3 is 2.24 bits per heavy atom. The topological polar surface area (TPSA) is 51.5 Å². The van der Waals surface area contributed by atoms with E-state index in [0.717, 1.165) is 11.3 Å². The molecule has 1 heterocycles. The minimum atomic E-state index is -1.07. The summed E-state index contributed by atoms with van der Waals surface area (Å²) in [4.78, 5) is 11.7. The third-order valence-corrected chi connectivity index (χ3v) is 4.65. The van der Waals surface area contributed by atoms with E-state index < -0.39 is 11.8 Å². The lowest BCUT2D eigenvalue weighted by Gasteiger charge is -2.13. The van der Waals surface area contributed by atoms with Crippen LogP contribution in [0.3, 0.4) is 0 Å². The summed E-state index contributed by atoms with van der Waals surface area (Å²) >= 11 is 0. The molecule has 0 fully saturated rings. The number of halogens is 1. The second-order valence-corrected chi connectivity index (χ2v) is 7.38. The third-order valence-electron chi connectivity index (χ3n) is 4.65. The molecule has 0 unspecified atom stereocenters. The first kappa shape index (κ1) is 26.4. The van der Waals surface area contributed by atoms with E-state index in [4.69, 9.17) is 4.74 Å². The number of allylic oxidation sites excluding steroid dienone is 1. The van der Waals surface area contributed by atoms with Crippen molar-refractivity contribution in [1.29, 1.82) is 0 Å². The number of para-hydroxylation sites is 1. The lowest BCUT2D eigenvalue weighted by molar-refractivity contribution is 0.0686. The summed E-state index contributed by atoms with van der Waals surface area (Å²) in [6.07, 6.45) is 1.25. The fourth-order valence-corrected chi connectivity index (χ4v) is 3.28. The SMILES string of the molecule is C=C(Cn1c(C(=O)O)cc2cc(F)ccc21)c1cccc(Oc2ccccc2)c1.CC.CCC. The Bertz CT molecular complexity index is 1230. The zero-order chi connectivity index (χ0) is 25.1. The molecular weight excluding hydrogens is 429 g/mol. The van der Waals surface area contributed by atoms with Gasteiger partial charge < -0.3 is 14.4 Å². The zero-order valence-electron chi connectivity index (χ0n) is 20.2. The molecule has 3 aromatic carbocycles. The molecule has 178 valence electrons. The number of carboxylic acid groups (broad SMARTS) is 1. The van der Waals surface area contributed by atoms with Gasteiger partial charge in [-0.05, 0) is 59.7 Å². The maximum atomic E-state index is 13.5. The van der Waals surface area contributed by atoms with E-state index >= 15 is 0 Å². The zero-order valence-corrected chi connectivity index (χ0v) is 20.2. The predicted octanol–water partition coefficient (Wildman–Crippen LogP) is 8.43. The lowest BCUT2D eigenvalue weighted by atomic mass is 10.1. The summed E-state index contributed by atoms with van der Waals surface area (Å²) in [5, 5.41) is 10.1. The van der Waals surface area contributed by atoms with E-state index in [-0.39, 0.29) is 12.2 Å². The number of carbonyl (C=O) groups is 1. The van der Waals surface area contributed by atoms with Crippen LogP contribution in [-0.4, -0.2) is 15.6 Å². The van der Waals surface area contributed by atoms with Crippen LogP contribution in [0.5, 0.6) is 11.5 Å². The van der Waals surface area contributed by atoms with Crippen molar-refractivity contribution in [3.63, 3.8) is 0 Å². The summed E-state index contributed by atoms with van der Waals surface area (Å²) in [5.41, 5.74) is 2.27. The number of nitrogens with zero attached hydrogens (tertiary/aromatic N) is 1. The number of ether oxygens (including phenoxy) is 1. The van der Waals surface area contributed by atoms with Crippen molar-refractivity contribution in [3.8, 4) is 11.5 Å². The molecule has 0 radical (unpaired) electrons. The van der Waals surface area contributed by atoms with E-state index in [9.17, 15) is 14.3 Å². The number of carboxylic acids is 1. The molecule has 1 N–H and O–H groups in total. The van der Waals surface area contributed by atoms with E-state index in [0.29, 0.717) is 22.2 Å². The highest BCUT2D eigenvalue weighted by Gasteiger charge is 2.16. The van der Waals surface area contributed by atoms with Gasteiger partial charge in [0.2, 0.25) is 0 Å².